The molecule has 1 heterocycles. The first-order valence-corrected chi connectivity index (χ1v) is 4.82. The van der Waals surface area contributed by atoms with Gasteiger partial charge in [0.1, 0.15) is 11.9 Å². The fourth-order valence-corrected chi connectivity index (χ4v) is 1.33. The number of aryl methyl sites for hydroxylation is 1. The Morgan fingerprint density at radius 1 is 1.62 bits per heavy atom. The zero-order chi connectivity index (χ0) is 9.84. The van der Waals surface area contributed by atoms with Crippen molar-refractivity contribution >= 4 is 12.6 Å². The number of imidazole rings is 1. The van der Waals surface area contributed by atoms with Crippen molar-refractivity contribution < 1.29 is 10.2 Å². The van der Waals surface area contributed by atoms with Crippen LogP contribution in [0.25, 0.3) is 0 Å². The highest BCUT2D eigenvalue weighted by atomic mass is 32.1. The summed E-state index contributed by atoms with van der Waals surface area (Å²) in [6.07, 6.45) is 1.56. The van der Waals surface area contributed by atoms with Crippen molar-refractivity contribution in [2.75, 3.05) is 5.75 Å². The predicted molar refractivity (Wildman–Crippen MR) is 52.7 cm³/mol. The van der Waals surface area contributed by atoms with Crippen LogP contribution in [0, 0.1) is 0 Å². The average molecular weight is 202 g/mol. The number of nitrogens with zero attached hydrogens (tertiary/aromatic N) is 2. The lowest BCUT2D eigenvalue weighted by molar-refractivity contribution is 0.0259. The van der Waals surface area contributed by atoms with Gasteiger partial charge in [-0.2, -0.15) is 12.6 Å². The Hall–Kier alpha value is -0.520. The Kier molecular flexibility index (Phi) is 3.77. The molecular weight excluding hydrogens is 188 g/mol. The summed E-state index contributed by atoms with van der Waals surface area (Å²) in [6, 6.07) is 0. The molecule has 5 heteroatoms. The van der Waals surface area contributed by atoms with E-state index in [4.69, 9.17) is 0 Å². The third-order valence-electron chi connectivity index (χ3n) is 1.90. The summed E-state index contributed by atoms with van der Waals surface area (Å²) in [7, 11) is 0. The molecule has 2 unspecified atom stereocenters. The van der Waals surface area contributed by atoms with Gasteiger partial charge in [0.2, 0.25) is 0 Å². The summed E-state index contributed by atoms with van der Waals surface area (Å²) in [5.41, 5.74) is 0. The second-order valence-corrected chi connectivity index (χ2v) is 3.13. The van der Waals surface area contributed by atoms with E-state index in [1.807, 2.05) is 6.92 Å². The second kappa shape index (κ2) is 4.64. The molecule has 0 aliphatic rings. The molecule has 1 aromatic rings. The molecule has 0 amide bonds. The van der Waals surface area contributed by atoms with Crippen LogP contribution in [-0.4, -0.2) is 31.6 Å². The number of hydrogen-bond donors (Lipinski definition) is 3. The number of hydrogen-bond acceptors (Lipinski definition) is 4. The van der Waals surface area contributed by atoms with Gasteiger partial charge in [0, 0.05) is 24.7 Å². The van der Waals surface area contributed by atoms with Gasteiger partial charge in [-0.3, -0.25) is 0 Å². The molecule has 0 bridgehead atoms. The van der Waals surface area contributed by atoms with Gasteiger partial charge in [0.15, 0.2) is 0 Å². The Morgan fingerprint density at radius 2 is 2.31 bits per heavy atom. The van der Waals surface area contributed by atoms with Gasteiger partial charge < -0.3 is 14.8 Å². The van der Waals surface area contributed by atoms with E-state index in [-0.39, 0.29) is 5.75 Å². The minimum Gasteiger partial charge on any atom is -0.389 e. The van der Waals surface area contributed by atoms with Gasteiger partial charge in [0.25, 0.3) is 0 Å². The number of aliphatic hydroxyl groups excluding tert-OH is 2. The first-order valence-electron chi connectivity index (χ1n) is 4.18. The van der Waals surface area contributed by atoms with Gasteiger partial charge in [0.05, 0.1) is 6.10 Å². The van der Waals surface area contributed by atoms with Gasteiger partial charge in [-0.15, -0.1) is 0 Å². The summed E-state index contributed by atoms with van der Waals surface area (Å²) >= 11 is 3.90. The summed E-state index contributed by atoms with van der Waals surface area (Å²) in [5, 5.41) is 18.9. The molecule has 0 aromatic carbocycles. The highest BCUT2D eigenvalue weighted by Crippen LogP contribution is 2.15. The van der Waals surface area contributed by atoms with Gasteiger partial charge in [-0.05, 0) is 6.92 Å². The maximum atomic E-state index is 9.61. The Balaban J connectivity index is 2.81. The molecule has 74 valence electrons. The van der Waals surface area contributed by atoms with Gasteiger partial charge in [-0.1, -0.05) is 0 Å². The lowest BCUT2D eigenvalue weighted by Gasteiger charge is -2.16. The molecule has 0 fully saturated rings. The predicted octanol–water partition coefficient (Wildman–Crippen LogP) is 0.227. The summed E-state index contributed by atoms with van der Waals surface area (Å²) in [6.45, 7) is 2.68. The van der Waals surface area contributed by atoms with Crippen LogP contribution in [0.2, 0.25) is 0 Å². The molecule has 1 rings (SSSR count). The summed E-state index contributed by atoms with van der Waals surface area (Å²) < 4.78 is 1.79. The molecule has 2 N–H and O–H groups in total. The molecule has 0 saturated carbocycles. The van der Waals surface area contributed by atoms with Crippen molar-refractivity contribution in [3.8, 4) is 0 Å². The molecule has 0 radical (unpaired) electrons. The van der Waals surface area contributed by atoms with Crippen molar-refractivity contribution in [3.63, 3.8) is 0 Å². The first-order chi connectivity index (χ1) is 6.20. The molecule has 13 heavy (non-hydrogen) atoms. The van der Waals surface area contributed by atoms with Crippen LogP contribution in [0.5, 0.6) is 0 Å². The van der Waals surface area contributed by atoms with E-state index in [9.17, 15) is 10.2 Å². The molecule has 1 aromatic heterocycles. The monoisotopic (exact) mass is 202 g/mol. The summed E-state index contributed by atoms with van der Waals surface area (Å²) in [5.74, 6) is 0.710. The highest BCUT2D eigenvalue weighted by Gasteiger charge is 2.20. The van der Waals surface area contributed by atoms with Crippen molar-refractivity contribution in [2.24, 2.45) is 0 Å². The van der Waals surface area contributed by atoms with Crippen LogP contribution in [0.15, 0.2) is 12.4 Å². The molecule has 0 saturated heterocycles. The lowest BCUT2D eigenvalue weighted by atomic mass is 10.2. The van der Waals surface area contributed by atoms with E-state index in [1.54, 1.807) is 17.0 Å². The number of rotatable bonds is 4. The van der Waals surface area contributed by atoms with Crippen molar-refractivity contribution in [3.05, 3.63) is 18.2 Å². The molecular formula is C8H14N2O2S. The third-order valence-corrected chi connectivity index (χ3v) is 2.28. The third kappa shape index (κ3) is 2.24. The number of thiol groups is 1. The zero-order valence-electron chi connectivity index (χ0n) is 7.46. The molecule has 2 atom stereocenters. The van der Waals surface area contributed by atoms with E-state index >= 15 is 0 Å². The van der Waals surface area contributed by atoms with Crippen molar-refractivity contribution in [2.45, 2.75) is 25.7 Å². The SMILES string of the molecule is CCn1ccnc1C(O)C(O)CS. The normalized spacial score (nSPS) is 15.7. The standard InChI is InChI=1S/C8H14N2O2S/c1-2-10-4-3-9-8(10)7(12)6(11)5-13/h3-4,6-7,11-13H,2,5H2,1H3. The van der Waals surface area contributed by atoms with E-state index in [0.717, 1.165) is 6.54 Å². The summed E-state index contributed by atoms with van der Waals surface area (Å²) in [4.78, 5) is 3.97. The Morgan fingerprint density at radius 3 is 2.85 bits per heavy atom. The molecule has 0 spiro atoms. The Bertz CT molecular complexity index is 264. The van der Waals surface area contributed by atoms with Crippen LogP contribution < -0.4 is 0 Å². The molecule has 4 nitrogen and oxygen atoms in total. The highest BCUT2D eigenvalue weighted by molar-refractivity contribution is 7.80. The van der Waals surface area contributed by atoms with E-state index < -0.39 is 12.2 Å². The fourth-order valence-electron chi connectivity index (χ4n) is 1.13. The lowest BCUT2D eigenvalue weighted by Crippen LogP contribution is -2.23. The van der Waals surface area contributed by atoms with Crippen molar-refractivity contribution in [1.29, 1.82) is 0 Å². The first kappa shape index (κ1) is 10.6. The minimum atomic E-state index is -0.951. The van der Waals surface area contributed by atoms with E-state index in [0.29, 0.717) is 5.82 Å². The average Bonchev–Trinajstić information content (AvgIpc) is 2.62. The van der Waals surface area contributed by atoms with Crippen LogP contribution >= 0.6 is 12.6 Å². The van der Waals surface area contributed by atoms with Gasteiger partial charge in [-0.25, -0.2) is 4.98 Å². The largest absolute Gasteiger partial charge is 0.389 e. The smallest absolute Gasteiger partial charge is 0.140 e. The zero-order valence-corrected chi connectivity index (χ0v) is 8.35. The van der Waals surface area contributed by atoms with Crippen LogP contribution in [0.1, 0.15) is 18.9 Å². The van der Waals surface area contributed by atoms with Gasteiger partial charge >= 0.3 is 0 Å². The number of aliphatic hydroxyl groups is 2. The quantitative estimate of drug-likeness (QED) is 0.612. The van der Waals surface area contributed by atoms with Crippen LogP contribution in [0.3, 0.4) is 0 Å². The minimum absolute atomic E-state index is 0.220. The molecule has 0 aliphatic heterocycles. The topological polar surface area (TPSA) is 58.3 Å². The van der Waals surface area contributed by atoms with Crippen molar-refractivity contribution in [1.82, 2.24) is 9.55 Å². The maximum Gasteiger partial charge on any atom is 0.140 e. The van der Waals surface area contributed by atoms with Crippen LogP contribution in [-0.2, 0) is 6.54 Å². The maximum absolute atomic E-state index is 9.61. The number of aromatic nitrogens is 2. The second-order valence-electron chi connectivity index (χ2n) is 2.77. The Labute approximate surface area is 82.6 Å². The fraction of sp³-hybridized carbons (Fsp3) is 0.625. The van der Waals surface area contributed by atoms with Crippen LogP contribution in [0.4, 0.5) is 0 Å². The molecule has 0 aliphatic carbocycles. The van der Waals surface area contributed by atoms with E-state index in [1.165, 1.54) is 0 Å². The van der Waals surface area contributed by atoms with E-state index in [2.05, 4.69) is 17.6 Å².